The van der Waals surface area contributed by atoms with Gasteiger partial charge in [0.1, 0.15) is 17.4 Å². The molecule has 3 heterocycles. The van der Waals surface area contributed by atoms with Crippen molar-refractivity contribution in [2.75, 3.05) is 37.7 Å². The van der Waals surface area contributed by atoms with Gasteiger partial charge in [-0.2, -0.15) is 4.98 Å². The molecule has 0 bridgehead atoms. The first-order valence-electron chi connectivity index (χ1n) is 13.1. The maximum Gasteiger partial charge on any atom is 0.332 e. The average Bonchev–Trinajstić information content (AvgIpc) is 3.27. The molecular formula is C29H31ClFN5O4. The van der Waals surface area contributed by atoms with Gasteiger partial charge >= 0.3 is 5.69 Å². The Hall–Kier alpha value is -3.86. The lowest BCUT2D eigenvalue weighted by atomic mass is 9.97. The highest BCUT2D eigenvalue weighted by Gasteiger charge is 2.21. The maximum atomic E-state index is 15.0. The number of pyridine rings is 1. The van der Waals surface area contributed by atoms with Crippen LogP contribution >= 0.6 is 11.6 Å². The predicted octanol–water partition coefficient (Wildman–Crippen LogP) is 3.96. The summed E-state index contributed by atoms with van der Waals surface area (Å²) in [5.41, 5.74) is 1.76. The first-order valence-corrected chi connectivity index (χ1v) is 13.4. The standard InChI is InChI=1S/C29H31ClFN5O4/c1-18-17-35(7-6-32-18)26-13-20(14-27(33-26)40-11-3-10-37)23-16-21(31)15-22(28(23)38)19-4-5-25(24(30)12-19)36-9-8-34(2)29(36)39/h4-5,8-9,12-16,18,32,37-38H,3,6-7,10-11,17H2,1-2H3/t18-/m1/s1. The number of piperazine rings is 1. The fourth-order valence-electron chi connectivity index (χ4n) is 4.82. The molecule has 4 aromatic rings. The summed E-state index contributed by atoms with van der Waals surface area (Å²) in [5.74, 6) is 0.294. The van der Waals surface area contributed by atoms with Crippen LogP contribution in [0.2, 0.25) is 5.02 Å². The van der Waals surface area contributed by atoms with Crippen LogP contribution in [0.3, 0.4) is 0 Å². The van der Waals surface area contributed by atoms with E-state index in [0.29, 0.717) is 34.9 Å². The number of aliphatic hydroxyl groups is 1. The van der Waals surface area contributed by atoms with Crippen molar-refractivity contribution in [2.45, 2.75) is 19.4 Å². The van der Waals surface area contributed by atoms with Crippen molar-refractivity contribution in [3.05, 3.63) is 76.2 Å². The molecule has 9 nitrogen and oxygen atoms in total. The highest BCUT2D eigenvalue weighted by Crippen LogP contribution is 2.41. The van der Waals surface area contributed by atoms with Crippen molar-refractivity contribution < 1.29 is 19.3 Å². The van der Waals surface area contributed by atoms with E-state index in [1.165, 1.54) is 21.3 Å². The van der Waals surface area contributed by atoms with Gasteiger partial charge in [-0.3, -0.25) is 4.57 Å². The van der Waals surface area contributed by atoms with Gasteiger partial charge in [-0.25, -0.2) is 9.18 Å². The van der Waals surface area contributed by atoms with E-state index in [-0.39, 0.29) is 46.8 Å². The fourth-order valence-corrected chi connectivity index (χ4v) is 5.09. The number of hydrogen-bond acceptors (Lipinski definition) is 7. The van der Waals surface area contributed by atoms with Crippen LogP contribution < -0.4 is 20.6 Å². The van der Waals surface area contributed by atoms with E-state index in [1.807, 2.05) is 6.07 Å². The Morgan fingerprint density at radius 3 is 2.60 bits per heavy atom. The number of ether oxygens (including phenoxy) is 1. The summed E-state index contributed by atoms with van der Waals surface area (Å²) in [5, 5.41) is 24.2. The number of phenols is 1. The highest BCUT2D eigenvalue weighted by molar-refractivity contribution is 6.32. The van der Waals surface area contributed by atoms with Crippen molar-refractivity contribution in [3.8, 4) is 39.6 Å². The van der Waals surface area contributed by atoms with Gasteiger partial charge in [-0.1, -0.05) is 17.7 Å². The fraction of sp³-hybridized carbons (Fsp3) is 0.310. The summed E-state index contributed by atoms with van der Waals surface area (Å²) < 4.78 is 23.7. The molecule has 3 N–H and O–H groups in total. The summed E-state index contributed by atoms with van der Waals surface area (Å²) >= 11 is 6.55. The molecule has 40 heavy (non-hydrogen) atoms. The summed E-state index contributed by atoms with van der Waals surface area (Å²) in [7, 11) is 1.64. The lowest BCUT2D eigenvalue weighted by molar-refractivity contribution is 0.229. The first-order chi connectivity index (χ1) is 19.2. The number of rotatable bonds is 8. The van der Waals surface area contributed by atoms with Crippen molar-refractivity contribution in [2.24, 2.45) is 7.05 Å². The minimum Gasteiger partial charge on any atom is -0.507 e. The quantitative estimate of drug-likeness (QED) is 0.277. The number of aromatic nitrogens is 3. The Balaban J connectivity index is 1.57. The molecule has 1 aliphatic rings. The number of nitrogens with zero attached hydrogens (tertiary/aromatic N) is 4. The predicted molar refractivity (Wildman–Crippen MR) is 153 cm³/mol. The summed E-state index contributed by atoms with van der Waals surface area (Å²) in [6, 6.07) is 11.2. The monoisotopic (exact) mass is 567 g/mol. The van der Waals surface area contributed by atoms with E-state index in [4.69, 9.17) is 21.4 Å². The van der Waals surface area contributed by atoms with Gasteiger partial charge in [0.25, 0.3) is 0 Å². The van der Waals surface area contributed by atoms with Crippen LogP contribution in [0.25, 0.3) is 27.9 Å². The third kappa shape index (κ3) is 5.70. The van der Waals surface area contributed by atoms with Crippen LogP contribution in [0.1, 0.15) is 13.3 Å². The number of benzene rings is 2. The minimum atomic E-state index is -0.542. The number of anilines is 1. The molecule has 0 unspecified atom stereocenters. The topological polar surface area (TPSA) is 105 Å². The molecule has 0 aliphatic carbocycles. The molecule has 0 amide bonds. The maximum absolute atomic E-state index is 15.0. The van der Waals surface area contributed by atoms with E-state index < -0.39 is 5.82 Å². The SMILES string of the molecule is C[C@@H]1CN(c2cc(-c3cc(F)cc(-c4ccc(-n5ccn(C)c5=O)c(Cl)c4)c3O)cc(OCCCO)n2)CCN1. The minimum absolute atomic E-state index is 0.0177. The number of phenolic OH excluding ortho intramolecular Hbond substituents is 1. The second-order valence-corrected chi connectivity index (χ2v) is 10.3. The summed E-state index contributed by atoms with van der Waals surface area (Å²) in [6.45, 7) is 4.57. The third-order valence-electron chi connectivity index (χ3n) is 6.88. The van der Waals surface area contributed by atoms with E-state index >= 15 is 4.39 Å². The summed E-state index contributed by atoms with van der Waals surface area (Å²) in [6.07, 6.45) is 3.68. The molecule has 210 valence electrons. The molecule has 0 saturated carbocycles. The normalized spacial score (nSPS) is 15.4. The van der Waals surface area contributed by atoms with Crippen molar-refractivity contribution in [3.63, 3.8) is 0 Å². The number of aryl methyl sites for hydroxylation is 1. The van der Waals surface area contributed by atoms with Crippen LogP contribution in [0, 0.1) is 5.82 Å². The van der Waals surface area contributed by atoms with Gasteiger partial charge in [0.05, 0.1) is 17.3 Å². The molecule has 5 rings (SSSR count). The number of aliphatic hydroxyl groups excluding tert-OH is 1. The molecule has 1 saturated heterocycles. The Bertz CT molecular complexity index is 1590. The Morgan fingerprint density at radius 1 is 1.15 bits per heavy atom. The second-order valence-electron chi connectivity index (χ2n) is 9.86. The van der Waals surface area contributed by atoms with Crippen LogP contribution in [-0.4, -0.2) is 63.2 Å². The molecule has 0 radical (unpaired) electrons. The van der Waals surface area contributed by atoms with E-state index in [9.17, 15) is 9.90 Å². The Kier molecular flexibility index (Phi) is 8.11. The smallest absolute Gasteiger partial charge is 0.332 e. The van der Waals surface area contributed by atoms with E-state index in [1.54, 1.807) is 43.7 Å². The van der Waals surface area contributed by atoms with Gasteiger partial charge < -0.3 is 29.7 Å². The number of hydrogen-bond donors (Lipinski definition) is 3. The third-order valence-corrected chi connectivity index (χ3v) is 7.19. The lowest BCUT2D eigenvalue weighted by Crippen LogP contribution is -2.49. The zero-order valence-electron chi connectivity index (χ0n) is 22.3. The zero-order chi connectivity index (χ0) is 28.4. The molecule has 1 fully saturated rings. The number of imidazole rings is 1. The van der Waals surface area contributed by atoms with Gasteiger partial charge in [0.2, 0.25) is 5.88 Å². The molecular weight excluding hydrogens is 537 g/mol. The molecule has 0 spiro atoms. The number of nitrogens with one attached hydrogen (secondary N) is 1. The Labute approximate surface area is 236 Å². The van der Waals surface area contributed by atoms with E-state index in [2.05, 4.69) is 22.1 Å². The van der Waals surface area contributed by atoms with Crippen LogP contribution in [0.4, 0.5) is 10.2 Å². The largest absolute Gasteiger partial charge is 0.507 e. The van der Waals surface area contributed by atoms with Gasteiger partial charge in [0, 0.05) is 75.3 Å². The first kappa shape index (κ1) is 27.7. The Morgan fingerprint density at radius 2 is 1.93 bits per heavy atom. The van der Waals surface area contributed by atoms with Crippen molar-refractivity contribution >= 4 is 17.4 Å². The van der Waals surface area contributed by atoms with Crippen LogP contribution in [-0.2, 0) is 7.05 Å². The van der Waals surface area contributed by atoms with Crippen molar-refractivity contribution in [1.29, 1.82) is 0 Å². The van der Waals surface area contributed by atoms with Gasteiger partial charge in [0.15, 0.2) is 0 Å². The number of halogens is 2. The van der Waals surface area contributed by atoms with Crippen LogP contribution in [0.15, 0.2) is 59.7 Å². The molecule has 11 heteroatoms. The lowest BCUT2D eigenvalue weighted by Gasteiger charge is -2.33. The molecule has 1 aliphatic heterocycles. The molecule has 2 aromatic carbocycles. The van der Waals surface area contributed by atoms with E-state index in [0.717, 1.165) is 19.6 Å². The number of aromatic hydroxyl groups is 1. The summed E-state index contributed by atoms with van der Waals surface area (Å²) in [4.78, 5) is 19.2. The van der Waals surface area contributed by atoms with Crippen LogP contribution in [0.5, 0.6) is 11.6 Å². The second kappa shape index (κ2) is 11.7. The van der Waals surface area contributed by atoms with Crippen molar-refractivity contribution in [1.82, 2.24) is 19.4 Å². The van der Waals surface area contributed by atoms with Gasteiger partial charge in [-0.05, 0) is 48.4 Å². The highest BCUT2D eigenvalue weighted by atomic mass is 35.5. The van der Waals surface area contributed by atoms with Gasteiger partial charge in [-0.15, -0.1) is 0 Å². The zero-order valence-corrected chi connectivity index (χ0v) is 23.0. The average molecular weight is 568 g/mol. The molecule has 2 aromatic heterocycles. The molecule has 1 atom stereocenters.